The van der Waals surface area contributed by atoms with Gasteiger partial charge in [0.2, 0.25) is 0 Å². The molecule has 0 N–H and O–H groups in total. The number of carbonyl (C=O) groups excluding carboxylic acids is 1. The van der Waals surface area contributed by atoms with Gasteiger partial charge in [-0.15, -0.1) is 0 Å². The van der Waals surface area contributed by atoms with Gasteiger partial charge in [-0.25, -0.2) is 0 Å². The molecule has 2 nitrogen and oxygen atoms in total. The van der Waals surface area contributed by atoms with Gasteiger partial charge in [-0.2, -0.15) is 0 Å². The first-order valence-corrected chi connectivity index (χ1v) is 6.97. The van der Waals surface area contributed by atoms with Crippen LogP contribution in [0.25, 0.3) is 0 Å². The van der Waals surface area contributed by atoms with E-state index in [1.165, 1.54) is 0 Å². The number of hydrogen-bond donors (Lipinski definition) is 0. The summed E-state index contributed by atoms with van der Waals surface area (Å²) in [5.41, 5.74) is 1.71. The van der Waals surface area contributed by atoms with Crippen LogP contribution in [0.4, 0.5) is 0 Å². The van der Waals surface area contributed by atoms with Gasteiger partial charge in [0.25, 0.3) is 0 Å². The lowest BCUT2D eigenvalue weighted by atomic mass is 10.1. The van der Waals surface area contributed by atoms with E-state index in [0.717, 1.165) is 22.2 Å². The molecule has 0 atom stereocenters. The summed E-state index contributed by atoms with van der Waals surface area (Å²) >= 11 is 3.37. The minimum Gasteiger partial charge on any atom is -0.456 e. The number of para-hydroxylation sites is 1. The molecule has 0 aliphatic carbocycles. The van der Waals surface area contributed by atoms with E-state index in [2.05, 4.69) is 22.9 Å². The number of Topliss-reactive ketones (excluding diaryl/α,β-unsaturated/α-hetero) is 1. The molecule has 2 aromatic carbocycles. The molecule has 98 valence electrons. The van der Waals surface area contributed by atoms with Crippen LogP contribution in [-0.4, -0.2) is 5.78 Å². The highest BCUT2D eigenvalue weighted by atomic mass is 79.9. The lowest BCUT2D eigenvalue weighted by Crippen LogP contribution is -1.98. The third kappa shape index (κ3) is 3.24. The van der Waals surface area contributed by atoms with E-state index >= 15 is 0 Å². The minimum atomic E-state index is -0.00900. The van der Waals surface area contributed by atoms with Crippen LogP contribution in [0.5, 0.6) is 11.5 Å². The van der Waals surface area contributed by atoms with E-state index in [9.17, 15) is 4.79 Å². The normalized spacial score (nSPS) is 10.3. The quantitative estimate of drug-likeness (QED) is 0.741. The standard InChI is InChI=1S/C16H15BrO2/c1-3-12-6-4-5-7-15(12)19-16-9-8-13(17)10-14(16)11(2)18/h4-10H,3H2,1-2H3. The highest BCUT2D eigenvalue weighted by molar-refractivity contribution is 9.10. The van der Waals surface area contributed by atoms with E-state index in [1.54, 1.807) is 13.0 Å². The summed E-state index contributed by atoms with van der Waals surface area (Å²) in [4.78, 5) is 11.7. The van der Waals surface area contributed by atoms with Crippen LogP contribution in [0.15, 0.2) is 46.9 Å². The van der Waals surface area contributed by atoms with Gasteiger partial charge in [0.15, 0.2) is 5.78 Å². The zero-order valence-electron chi connectivity index (χ0n) is 10.9. The van der Waals surface area contributed by atoms with Crippen molar-refractivity contribution in [1.29, 1.82) is 0 Å². The van der Waals surface area contributed by atoms with Crippen LogP contribution in [-0.2, 0) is 6.42 Å². The summed E-state index contributed by atoms with van der Waals surface area (Å²) in [5.74, 6) is 1.39. The zero-order chi connectivity index (χ0) is 13.8. The van der Waals surface area contributed by atoms with Gasteiger partial charge in [-0.1, -0.05) is 41.1 Å². The molecule has 0 aliphatic rings. The van der Waals surface area contributed by atoms with E-state index < -0.39 is 0 Å². The molecular formula is C16H15BrO2. The third-order valence-corrected chi connectivity index (χ3v) is 3.39. The van der Waals surface area contributed by atoms with Gasteiger partial charge in [0, 0.05) is 4.47 Å². The Morgan fingerprint density at radius 1 is 1.16 bits per heavy atom. The fourth-order valence-electron chi connectivity index (χ4n) is 1.88. The Morgan fingerprint density at radius 2 is 1.89 bits per heavy atom. The zero-order valence-corrected chi connectivity index (χ0v) is 12.5. The van der Waals surface area contributed by atoms with Crippen molar-refractivity contribution in [1.82, 2.24) is 0 Å². The maximum Gasteiger partial charge on any atom is 0.163 e. The van der Waals surface area contributed by atoms with E-state index in [4.69, 9.17) is 4.74 Å². The summed E-state index contributed by atoms with van der Waals surface area (Å²) in [7, 11) is 0. The average molecular weight is 319 g/mol. The number of hydrogen-bond acceptors (Lipinski definition) is 2. The first-order chi connectivity index (χ1) is 9.11. The minimum absolute atomic E-state index is 0.00900. The molecule has 0 unspecified atom stereocenters. The van der Waals surface area contributed by atoms with Crippen molar-refractivity contribution in [2.75, 3.05) is 0 Å². The van der Waals surface area contributed by atoms with Crippen LogP contribution >= 0.6 is 15.9 Å². The molecule has 0 aromatic heterocycles. The van der Waals surface area contributed by atoms with Crippen molar-refractivity contribution in [2.24, 2.45) is 0 Å². The summed E-state index contributed by atoms with van der Waals surface area (Å²) < 4.78 is 6.78. The van der Waals surface area contributed by atoms with Crippen molar-refractivity contribution in [2.45, 2.75) is 20.3 Å². The summed E-state index contributed by atoms with van der Waals surface area (Å²) in [5, 5.41) is 0. The second-order valence-corrected chi connectivity index (χ2v) is 5.18. The topological polar surface area (TPSA) is 26.3 Å². The Bertz CT molecular complexity index is 605. The van der Waals surface area contributed by atoms with Crippen LogP contribution < -0.4 is 4.74 Å². The molecule has 0 fully saturated rings. The number of halogens is 1. The number of benzene rings is 2. The van der Waals surface area contributed by atoms with Gasteiger partial charge in [0.1, 0.15) is 11.5 Å². The number of carbonyl (C=O) groups is 1. The molecule has 0 saturated carbocycles. The average Bonchev–Trinajstić information content (AvgIpc) is 2.41. The third-order valence-electron chi connectivity index (χ3n) is 2.89. The van der Waals surface area contributed by atoms with Gasteiger partial charge < -0.3 is 4.74 Å². The molecule has 0 amide bonds. The lowest BCUT2D eigenvalue weighted by Gasteiger charge is -2.12. The lowest BCUT2D eigenvalue weighted by molar-refractivity contribution is 0.101. The Hall–Kier alpha value is -1.61. The van der Waals surface area contributed by atoms with E-state index in [1.807, 2.05) is 36.4 Å². The Morgan fingerprint density at radius 3 is 2.58 bits per heavy atom. The summed E-state index contributed by atoms with van der Waals surface area (Å²) in [6, 6.07) is 13.3. The van der Waals surface area contributed by atoms with Gasteiger partial charge >= 0.3 is 0 Å². The van der Waals surface area contributed by atoms with Crippen molar-refractivity contribution in [3.8, 4) is 11.5 Å². The maximum atomic E-state index is 11.7. The van der Waals surface area contributed by atoms with Crippen LogP contribution in [0.1, 0.15) is 29.8 Å². The summed E-state index contributed by atoms with van der Waals surface area (Å²) in [6.45, 7) is 3.62. The van der Waals surface area contributed by atoms with Crippen molar-refractivity contribution in [3.63, 3.8) is 0 Å². The number of rotatable bonds is 4. The van der Waals surface area contributed by atoms with Crippen molar-refractivity contribution in [3.05, 3.63) is 58.1 Å². The SMILES string of the molecule is CCc1ccccc1Oc1ccc(Br)cc1C(C)=O. The molecule has 3 heteroatoms. The number of ketones is 1. The monoisotopic (exact) mass is 318 g/mol. The molecule has 0 spiro atoms. The molecule has 0 radical (unpaired) electrons. The molecule has 0 bridgehead atoms. The molecule has 2 rings (SSSR count). The molecule has 2 aromatic rings. The molecule has 0 aliphatic heterocycles. The van der Waals surface area contributed by atoms with Gasteiger partial charge in [0.05, 0.1) is 5.56 Å². The van der Waals surface area contributed by atoms with Gasteiger partial charge in [-0.05, 0) is 43.2 Å². The maximum absolute atomic E-state index is 11.7. The fourth-order valence-corrected chi connectivity index (χ4v) is 2.24. The predicted octanol–water partition coefficient (Wildman–Crippen LogP) is 5.01. The molecule has 0 saturated heterocycles. The predicted molar refractivity (Wildman–Crippen MR) is 80.0 cm³/mol. The second-order valence-electron chi connectivity index (χ2n) is 4.26. The summed E-state index contributed by atoms with van der Waals surface area (Å²) in [6.07, 6.45) is 0.891. The van der Waals surface area contributed by atoms with Crippen molar-refractivity contribution < 1.29 is 9.53 Å². The van der Waals surface area contributed by atoms with Crippen LogP contribution in [0, 0.1) is 0 Å². The van der Waals surface area contributed by atoms with E-state index in [-0.39, 0.29) is 5.78 Å². The fraction of sp³-hybridized carbons (Fsp3) is 0.188. The Balaban J connectivity index is 2.41. The second kappa shape index (κ2) is 6.02. The Labute approximate surface area is 121 Å². The van der Waals surface area contributed by atoms with E-state index in [0.29, 0.717) is 11.3 Å². The molecule has 0 heterocycles. The first-order valence-electron chi connectivity index (χ1n) is 6.18. The van der Waals surface area contributed by atoms with Crippen LogP contribution in [0.2, 0.25) is 0 Å². The van der Waals surface area contributed by atoms with Gasteiger partial charge in [-0.3, -0.25) is 4.79 Å². The van der Waals surface area contributed by atoms with Crippen LogP contribution in [0.3, 0.4) is 0 Å². The number of aryl methyl sites for hydroxylation is 1. The Kier molecular flexibility index (Phi) is 4.38. The number of ether oxygens (including phenoxy) is 1. The highest BCUT2D eigenvalue weighted by Crippen LogP contribution is 2.30. The largest absolute Gasteiger partial charge is 0.456 e. The molecule has 19 heavy (non-hydrogen) atoms. The molecular weight excluding hydrogens is 304 g/mol. The van der Waals surface area contributed by atoms with Crippen molar-refractivity contribution >= 4 is 21.7 Å². The highest BCUT2D eigenvalue weighted by Gasteiger charge is 2.11. The smallest absolute Gasteiger partial charge is 0.163 e. The first kappa shape index (κ1) is 13.8.